The van der Waals surface area contributed by atoms with Crippen molar-refractivity contribution in [1.29, 1.82) is 0 Å². The molecule has 1 aliphatic rings. The molecule has 1 atom stereocenters. The molecule has 106 valence electrons. The molecule has 0 aromatic heterocycles. The van der Waals surface area contributed by atoms with E-state index in [1.165, 1.54) is 0 Å². The quantitative estimate of drug-likeness (QED) is 0.839. The number of fused-ring (bicyclic) bond motifs is 1. The van der Waals surface area contributed by atoms with Gasteiger partial charge in [0.25, 0.3) is 0 Å². The number of hydrogen-bond acceptors (Lipinski definition) is 4. The lowest BCUT2D eigenvalue weighted by Gasteiger charge is -2.18. The van der Waals surface area contributed by atoms with E-state index in [2.05, 4.69) is 10.0 Å². The zero-order valence-electron chi connectivity index (χ0n) is 10.8. The largest absolute Gasteiger partial charge is 0.385 e. The van der Waals surface area contributed by atoms with Gasteiger partial charge in [0.1, 0.15) is 0 Å². The summed E-state index contributed by atoms with van der Waals surface area (Å²) in [6.45, 7) is 1.13. The number of rotatable bonds is 5. The van der Waals surface area contributed by atoms with Gasteiger partial charge in [-0.3, -0.25) is 4.21 Å². The zero-order valence-corrected chi connectivity index (χ0v) is 12.4. The van der Waals surface area contributed by atoms with Crippen molar-refractivity contribution in [2.75, 3.05) is 30.4 Å². The summed E-state index contributed by atoms with van der Waals surface area (Å²) in [6.07, 6.45) is 3.46. The van der Waals surface area contributed by atoms with E-state index in [4.69, 9.17) is 0 Å². The van der Waals surface area contributed by atoms with Crippen molar-refractivity contribution in [3.05, 3.63) is 23.8 Å². The fourth-order valence-corrected chi connectivity index (χ4v) is 3.62. The van der Waals surface area contributed by atoms with Gasteiger partial charge in [-0.1, -0.05) is 0 Å². The molecule has 0 bridgehead atoms. The Labute approximate surface area is 116 Å². The molecule has 1 aromatic carbocycles. The number of anilines is 1. The first kappa shape index (κ1) is 14.5. The Balaban J connectivity index is 2.14. The van der Waals surface area contributed by atoms with E-state index in [1.807, 2.05) is 0 Å². The summed E-state index contributed by atoms with van der Waals surface area (Å²) in [4.78, 5) is 0.275. The number of sulfonamides is 1. The molecule has 1 unspecified atom stereocenters. The molecule has 0 amide bonds. The summed E-state index contributed by atoms with van der Waals surface area (Å²) >= 11 is 0. The van der Waals surface area contributed by atoms with Crippen LogP contribution in [0, 0.1) is 0 Å². The number of nitrogens with one attached hydrogen (secondary N) is 2. The van der Waals surface area contributed by atoms with Gasteiger partial charge in [-0.2, -0.15) is 0 Å². The van der Waals surface area contributed by atoms with Gasteiger partial charge in [-0.15, -0.1) is 0 Å². The maximum Gasteiger partial charge on any atom is 0.240 e. The normalized spacial score (nSPS) is 16.5. The third-order valence-electron chi connectivity index (χ3n) is 3.01. The molecule has 2 rings (SSSR count). The van der Waals surface area contributed by atoms with Crippen molar-refractivity contribution in [2.45, 2.75) is 17.7 Å². The Hall–Kier alpha value is -0.920. The maximum atomic E-state index is 12.1. The minimum Gasteiger partial charge on any atom is -0.385 e. The van der Waals surface area contributed by atoms with E-state index in [-0.39, 0.29) is 11.4 Å². The van der Waals surface area contributed by atoms with E-state index in [0.29, 0.717) is 5.75 Å². The van der Waals surface area contributed by atoms with Crippen LogP contribution >= 0.6 is 0 Å². The van der Waals surface area contributed by atoms with E-state index in [1.54, 1.807) is 24.5 Å². The molecule has 0 aliphatic carbocycles. The molecule has 1 aromatic rings. The summed E-state index contributed by atoms with van der Waals surface area (Å²) < 4.78 is 37.5. The molecule has 5 nitrogen and oxygen atoms in total. The van der Waals surface area contributed by atoms with Gasteiger partial charge < -0.3 is 5.32 Å². The first-order valence-electron chi connectivity index (χ1n) is 6.15. The molecular weight excluding hydrogens is 284 g/mol. The smallest absolute Gasteiger partial charge is 0.240 e. The van der Waals surface area contributed by atoms with Crippen molar-refractivity contribution in [3.8, 4) is 0 Å². The molecule has 1 heterocycles. The molecule has 0 fully saturated rings. The lowest BCUT2D eigenvalue weighted by molar-refractivity contribution is 0.584. The average Bonchev–Trinajstić information content (AvgIpc) is 2.37. The van der Waals surface area contributed by atoms with Crippen LogP contribution in [0.3, 0.4) is 0 Å². The summed E-state index contributed by atoms with van der Waals surface area (Å²) in [5.74, 6) is 0.325. The van der Waals surface area contributed by atoms with Crippen LogP contribution in [0.2, 0.25) is 0 Å². The van der Waals surface area contributed by atoms with Crippen molar-refractivity contribution >= 4 is 26.5 Å². The van der Waals surface area contributed by atoms with Gasteiger partial charge in [-0.05, 0) is 36.6 Å². The Bertz CT molecular complexity index is 585. The first-order valence-corrected chi connectivity index (χ1v) is 9.36. The summed E-state index contributed by atoms with van der Waals surface area (Å²) in [5, 5.41) is 3.24. The number of benzene rings is 1. The summed E-state index contributed by atoms with van der Waals surface area (Å²) in [7, 11) is -4.50. The van der Waals surface area contributed by atoms with Crippen LogP contribution < -0.4 is 10.0 Å². The van der Waals surface area contributed by atoms with Gasteiger partial charge in [-0.25, -0.2) is 13.1 Å². The Morgan fingerprint density at radius 3 is 2.95 bits per heavy atom. The molecule has 7 heteroatoms. The predicted molar refractivity (Wildman–Crippen MR) is 77.4 cm³/mol. The van der Waals surface area contributed by atoms with Crippen LogP contribution in [0.15, 0.2) is 23.1 Å². The molecule has 1 aliphatic heterocycles. The van der Waals surface area contributed by atoms with Crippen LogP contribution in [0.4, 0.5) is 5.69 Å². The van der Waals surface area contributed by atoms with Crippen molar-refractivity contribution in [3.63, 3.8) is 0 Å². The minimum atomic E-state index is -3.50. The van der Waals surface area contributed by atoms with Crippen molar-refractivity contribution < 1.29 is 12.6 Å². The van der Waals surface area contributed by atoms with Gasteiger partial charge in [0.05, 0.1) is 4.90 Å². The van der Waals surface area contributed by atoms with Gasteiger partial charge in [0, 0.05) is 41.6 Å². The van der Waals surface area contributed by atoms with Gasteiger partial charge in [0.15, 0.2) is 0 Å². The fourth-order valence-electron chi connectivity index (χ4n) is 2.02. The molecule has 0 spiro atoms. The third-order valence-corrected chi connectivity index (χ3v) is 5.24. The molecule has 19 heavy (non-hydrogen) atoms. The van der Waals surface area contributed by atoms with E-state index in [9.17, 15) is 12.6 Å². The van der Waals surface area contributed by atoms with Crippen LogP contribution in [0.25, 0.3) is 0 Å². The third kappa shape index (κ3) is 3.77. The maximum absolute atomic E-state index is 12.1. The molecule has 0 saturated carbocycles. The second kappa shape index (κ2) is 6.02. The van der Waals surface area contributed by atoms with E-state index < -0.39 is 20.8 Å². The lowest BCUT2D eigenvalue weighted by Crippen LogP contribution is -2.28. The predicted octanol–water partition coefficient (Wildman–Crippen LogP) is 0.701. The van der Waals surface area contributed by atoms with Crippen LogP contribution in [0.1, 0.15) is 12.0 Å². The Morgan fingerprint density at radius 1 is 1.42 bits per heavy atom. The Morgan fingerprint density at radius 2 is 2.21 bits per heavy atom. The zero-order chi connectivity index (χ0) is 13.9. The van der Waals surface area contributed by atoms with Gasteiger partial charge in [0.2, 0.25) is 10.0 Å². The SMILES string of the molecule is CS(=O)CCNS(=O)(=O)c1ccc2c(c1)CCCN2. The molecule has 0 radical (unpaired) electrons. The summed E-state index contributed by atoms with van der Waals surface area (Å²) in [5.41, 5.74) is 2.05. The highest BCUT2D eigenvalue weighted by atomic mass is 32.2. The topological polar surface area (TPSA) is 75.3 Å². The Kier molecular flexibility index (Phi) is 4.59. The molecular formula is C12H18N2O3S2. The second-order valence-electron chi connectivity index (χ2n) is 4.52. The fraction of sp³-hybridized carbons (Fsp3) is 0.500. The highest BCUT2D eigenvalue weighted by Crippen LogP contribution is 2.24. The van der Waals surface area contributed by atoms with Crippen LogP contribution in [0.5, 0.6) is 0 Å². The van der Waals surface area contributed by atoms with E-state index in [0.717, 1.165) is 30.6 Å². The standard InChI is InChI=1S/C12H18N2O3S2/c1-18(15)8-7-14-19(16,17)11-4-5-12-10(9-11)3-2-6-13-12/h4-5,9,13-14H,2-3,6-8H2,1H3. The molecule has 0 saturated heterocycles. The average molecular weight is 302 g/mol. The van der Waals surface area contributed by atoms with Crippen LogP contribution in [-0.2, 0) is 27.2 Å². The number of aryl methyl sites for hydroxylation is 1. The molecule has 2 N–H and O–H groups in total. The van der Waals surface area contributed by atoms with Crippen molar-refractivity contribution in [1.82, 2.24) is 4.72 Å². The highest BCUT2D eigenvalue weighted by Gasteiger charge is 2.17. The first-order chi connectivity index (χ1) is 8.99. The number of hydrogen-bond donors (Lipinski definition) is 2. The van der Waals surface area contributed by atoms with Crippen molar-refractivity contribution in [2.24, 2.45) is 0 Å². The summed E-state index contributed by atoms with van der Waals surface area (Å²) in [6, 6.07) is 5.12. The van der Waals surface area contributed by atoms with Gasteiger partial charge >= 0.3 is 0 Å². The monoisotopic (exact) mass is 302 g/mol. The lowest BCUT2D eigenvalue weighted by atomic mass is 10.0. The minimum absolute atomic E-state index is 0.195. The second-order valence-corrected chi connectivity index (χ2v) is 7.85. The van der Waals surface area contributed by atoms with Crippen LogP contribution in [-0.4, -0.2) is 37.7 Å². The highest BCUT2D eigenvalue weighted by molar-refractivity contribution is 7.89. The van der Waals surface area contributed by atoms with E-state index >= 15 is 0 Å².